The topological polar surface area (TPSA) is 75.9 Å². The Morgan fingerprint density at radius 3 is 2.29 bits per heavy atom. The molecule has 1 saturated heterocycles. The smallest absolute Gasteiger partial charge is 0.338 e. The molecule has 0 bridgehead atoms. The lowest BCUT2D eigenvalue weighted by molar-refractivity contribution is -0.384. The van der Waals surface area contributed by atoms with E-state index in [0.29, 0.717) is 12.2 Å². The lowest BCUT2D eigenvalue weighted by Gasteiger charge is -2.34. The summed E-state index contributed by atoms with van der Waals surface area (Å²) in [7, 11) is 0. The molecule has 0 aliphatic carbocycles. The van der Waals surface area contributed by atoms with Gasteiger partial charge in [0.05, 0.1) is 17.1 Å². The molecule has 1 aliphatic rings. The Balaban J connectivity index is 1.36. The number of hydrogen-bond acceptors (Lipinski definition) is 6. The predicted molar refractivity (Wildman–Crippen MR) is 121 cm³/mol. The molecule has 164 valence electrons. The van der Waals surface area contributed by atoms with Crippen LogP contribution in [0.3, 0.4) is 0 Å². The Labute approximate surface area is 183 Å². The minimum atomic E-state index is -0.383. The van der Waals surface area contributed by atoms with E-state index in [-0.39, 0.29) is 16.6 Å². The molecule has 0 radical (unpaired) electrons. The summed E-state index contributed by atoms with van der Waals surface area (Å²) in [5.41, 5.74) is 2.91. The van der Waals surface area contributed by atoms with Crippen molar-refractivity contribution < 1.29 is 14.5 Å². The summed E-state index contributed by atoms with van der Waals surface area (Å²) in [5, 5.41) is 10.7. The number of nitro benzene ring substituents is 1. The van der Waals surface area contributed by atoms with Crippen molar-refractivity contribution in [2.24, 2.45) is 0 Å². The van der Waals surface area contributed by atoms with Gasteiger partial charge in [0, 0.05) is 51.4 Å². The van der Waals surface area contributed by atoms with Gasteiger partial charge in [-0.15, -0.1) is 0 Å². The summed E-state index contributed by atoms with van der Waals surface area (Å²) in [6.07, 6.45) is 5.08. The molecule has 0 amide bonds. The first-order chi connectivity index (χ1) is 15.0. The molecule has 2 aromatic rings. The lowest BCUT2D eigenvalue weighted by atomic mass is 10.1. The zero-order chi connectivity index (χ0) is 22.1. The maximum atomic E-state index is 11.7. The molecule has 1 aliphatic heterocycles. The number of non-ortho nitro benzene ring substituents is 1. The number of nitro groups is 1. The second-order valence-corrected chi connectivity index (χ2v) is 7.56. The first kappa shape index (κ1) is 22.7. The molecule has 1 heterocycles. The van der Waals surface area contributed by atoms with Crippen LogP contribution in [0.4, 0.5) is 5.69 Å². The molecule has 7 nitrogen and oxygen atoms in total. The molecule has 7 heteroatoms. The Bertz CT molecular complexity index is 886. The molecule has 0 N–H and O–H groups in total. The van der Waals surface area contributed by atoms with Crippen molar-refractivity contribution in [1.29, 1.82) is 0 Å². The number of esters is 1. The minimum absolute atomic E-state index is 0.114. The van der Waals surface area contributed by atoms with Crippen LogP contribution in [0, 0.1) is 10.1 Å². The summed E-state index contributed by atoms with van der Waals surface area (Å²) in [5.74, 6) is -0.271. The molecule has 2 aromatic carbocycles. The highest BCUT2D eigenvalue weighted by Gasteiger charge is 2.15. The highest BCUT2D eigenvalue weighted by Crippen LogP contribution is 2.13. The van der Waals surface area contributed by atoms with Crippen LogP contribution < -0.4 is 0 Å². The van der Waals surface area contributed by atoms with E-state index in [1.807, 2.05) is 30.3 Å². The van der Waals surface area contributed by atoms with Crippen molar-refractivity contribution in [1.82, 2.24) is 9.80 Å². The Hall–Kier alpha value is -3.03. The van der Waals surface area contributed by atoms with Crippen molar-refractivity contribution in [3.05, 3.63) is 81.4 Å². The summed E-state index contributed by atoms with van der Waals surface area (Å²) < 4.78 is 5.02. The van der Waals surface area contributed by atoms with Gasteiger partial charge in [-0.3, -0.25) is 15.0 Å². The maximum absolute atomic E-state index is 11.7. The second-order valence-electron chi connectivity index (χ2n) is 7.56. The molecule has 0 saturated carbocycles. The number of piperazine rings is 1. The van der Waals surface area contributed by atoms with Gasteiger partial charge in [-0.1, -0.05) is 24.3 Å². The Kier molecular flexibility index (Phi) is 8.32. The molecular formula is C24H29N3O4. The molecule has 0 unspecified atom stereocenters. The standard InChI is InChI=1S/C24H29N3O4/c1-2-31-24(28)22-9-5-21(6-10-22)13-15-26-18-16-25(17-19-26)14-3-4-20-7-11-23(12-8-20)27(29)30/h3-12H,2,13-19H2,1H3/b4-3+. The third-order valence-electron chi connectivity index (χ3n) is 5.42. The summed E-state index contributed by atoms with van der Waals surface area (Å²) in [4.78, 5) is 26.9. The second kappa shape index (κ2) is 11.4. The number of rotatable bonds is 9. The minimum Gasteiger partial charge on any atom is -0.462 e. The lowest BCUT2D eigenvalue weighted by Crippen LogP contribution is -2.46. The summed E-state index contributed by atoms with van der Waals surface area (Å²) >= 11 is 0. The van der Waals surface area contributed by atoms with Gasteiger partial charge in [-0.05, 0) is 48.7 Å². The van der Waals surface area contributed by atoms with Crippen molar-refractivity contribution >= 4 is 17.7 Å². The van der Waals surface area contributed by atoms with Crippen molar-refractivity contribution in [3.8, 4) is 0 Å². The maximum Gasteiger partial charge on any atom is 0.338 e. The van der Waals surface area contributed by atoms with E-state index in [1.165, 1.54) is 17.7 Å². The first-order valence-electron chi connectivity index (χ1n) is 10.7. The normalized spacial score (nSPS) is 15.3. The Morgan fingerprint density at radius 2 is 1.68 bits per heavy atom. The first-order valence-corrected chi connectivity index (χ1v) is 10.7. The number of ether oxygens (including phenoxy) is 1. The van der Waals surface area contributed by atoms with Crippen LogP contribution in [0.5, 0.6) is 0 Å². The fraction of sp³-hybridized carbons (Fsp3) is 0.375. The van der Waals surface area contributed by atoms with E-state index >= 15 is 0 Å². The van der Waals surface area contributed by atoms with Crippen LogP contribution in [0.15, 0.2) is 54.6 Å². The summed E-state index contributed by atoms with van der Waals surface area (Å²) in [6, 6.07) is 14.3. The number of benzene rings is 2. The van der Waals surface area contributed by atoms with E-state index in [4.69, 9.17) is 4.74 Å². The van der Waals surface area contributed by atoms with Crippen LogP contribution in [-0.2, 0) is 11.2 Å². The molecule has 31 heavy (non-hydrogen) atoms. The number of carbonyl (C=O) groups excluding carboxylic acids is 1. The number of hydrogen-bond donors (Lipinski definition) is 0. The number of nitrogens with zero attached hydrogens (tertiary/aromatic N) is 3. The van der Waals surface area contributed by atoms with Crippen molar-refractivity contribution in [3.63, 3.8) is 0 Å². The van der Waals surface area contributed by atoms with Gasteiger partial charge in [0.25, 0.3) is 5.69 Å². The van der Waals surface area contributed by atoms with E-state index in [9.17, 15) is 14.9 Å². The third kappa shape index (κ3) is 7.01. The molecular weight excluding hydrogens is 394 g/mol. The van der Waals surface area contributed by atoms with Crippen LogP contribution in [0.1, 0.15) is 28.4 Å². The van der Waals surface area contributed by atoms with Crippen molar-refractivity contribution in [2.45, 2.75) is 13.3 Å². The van der Waals surface area contributed by atoms with Gasteiger partial charge in [0.15, 0.2) is 0 Å². The molecule has 0 spiro atoms. The quantitative estimate of drug-likeness (QED) is 0.348. The van der Waals surface area contributed by atoms with Gasteiger partial charge in [0.2, 0.25) is 0 Å². The largest absolute Gasteiger partial charge is 0.462 e. The van der Waals surface area contributed by atoms with E-state index in [2.05, 4.69) is 15.9 Å². The summed E-state index contributed by atoms with van der Waals surface area (Å²) in [6.45, 7) is 8.18. The van der Waals surface area contributed by atoms with Gasteiger partial charge < -0.3 is 9.64 Å². The van der Waals surface area contributed by atoms with E-state index in [0.717, 1.165) is 51.3 Å². The van der Waals surface area contributed by atoms with Crippen LogP contribution in [0.2, 0.25) is 0 Å². The van der Waals surface area contributed by atoms with Crippen LogP contribution >= 0.6 is 0 Å². The average Bonchev–Trinajstić information content (AvgIpc) is 2.79. The monoisotopic (exact) mass is 423 g/mol. The molecule has 0 aromatic heterocycles. The van der Waals surface area contributed by atoms with Gasteiger partial charge in [-0.25, -0.2) is 4.79 Å². The zero-order valence-electron chi connectivity index (χ0n) is 17.9. The molecule has 3 rings (SSSR count). The molecule has 0 atom stereocenters. The van der Waals surface area contributed by atoms with Gasteiger partial charge in [-0.2, -0.15) is 0 Å². The van der Waals surface area contributed by atoms with E-state index < -0.39 is 0 Å². The van der Waals surface area contributed by atoms with Crippen LogP contribution in [-0.4, -0.2) is 66.6 Å². The average molecular weight is 424 g/mol. The van der Waals surface area contributed by atoms with Gasteiger partial charge >= 0.3 is 5.97 Å². The SMILES string of the molecule is CCOC(=O)c1ccc(CCN2CCN(C/C=C/c3ccc([N+](=O)[O-])cc3)CC2)cc1. The van der Waals surface area contributed by atoms with Gasteiger partial charge in [0.1, 0.15) is 0 Å². The van der Waals surface area contributed by atoms with Crippen molar-refractivity contribution in [2.75, 3.05) is 45.9 Å². The highest BCUT2D eigenvalue weighted by atomic mass is 16.6. The highest BCUT2D eigenvalue weighted by molar-refractivity contribution is 5.89. The van der Waals surface area contributed by atoms with Crippen LogP contribution in [0.25, 0.3) is 6.08 Å². The third-order valence-corrected chi connectivity index (χ3v) is 5.42. The molecule has 1 fully saturated rings. The Morgan fingerprint density at radius 1 is 1.03 bits per heavy atom. The fourth-order valence-electron chi connectivity index (χ4n) is 3.55. The predicted octanol–water partition coefficient (Wildman–Crippen LogP) is 3.65. The number of carbonyl (C=O) groups is 1. The fourth-order valence-corrected chi connectivity index (χ4v) is 3.55. The van der Waals surface area contributed by atoms with E-state index in [1.54, 1.807) is 19.1 Å². The zero-order valence-corrected chi connectivity index (χ0v) is 17.9.